The van der Waals surface area contributed by atoms with E-state index < -0.39 is 6.17 Å². The van der Waals surface area contributed by atoms with Crippen molar-refractivity contribution in [2.75, 3.05) is 23.3 Å². The second kappa shape index (κ2) is 5.93. The molecule has 1 fully saturated rings. The molecule has 1 aliphatic rings. The van der Waals surface area contributed by atoms with Crippen molar-refractivity contribution in [2.24, 2.45) is 7.05 Å². The van der Waals surface area contributed by atoms with E-state index in [1.165, 1.54) is 0 Å². The molecule has 3 aromatic heterocycles. The molecule has 0 amide bonds. The summed E-state index contributed by atoms with van der Waals surface area (Å²) in [6, 6.07) is 0. The van der Waals surface area contributed by atoms with Gasteiger partial charge in [0, 0.05) is 25.3 Å². The molecule has 0 aliphatic carbocycles. The van der Waals surface area contributed by atoms with Crippen LogP contribution in [0.5, 0.6) is 0 Å². The van der Waals surface area contributed by atoms with Crippen LogP contribution in [0.3, 0.4) is 0 Å². The smallest absolute Gasteiger partial charge is 0.229 e. The predicted octanol–water partition coefficient (Wildman–Crippen LogP) is 2.61. The number of imidazole rings is 1. The molecule has 0 spiro atoms. The largest absolute Gasteiger partial charge is 0.338 e. The van der Waals surface area contributed by atoms with Crippen LogP contribution in [-0.2, 0) is 12.6 Å². The topological polar surface area (TPSA) is 76.7 Å². The standard InChI is InChI=1S/C17H23FN8/c1-17(2,3)26-10-19-13-14(21-12-7-20-24(4)9-12)22-16(23-15(13)26)25-6-5-11(18)8-25/h7,9-11H,5-6,8H2,1-4H3,(H,21,22,23)/t11-/m0/s1. The van der Waals surface area contributed by atoms with E-state index in [1.807, 2.05) is 22.7 Å². The minimum absolute atomic E-state index is 0.181. The zero-order chi connectivity index (χ0) is 18.5. The van der Waals surface area contributed by atoms with Crippen molar-refractivity contribution >= 4 is 28.6 Å². The SMILES string of the molecule is Cn1cc(Nc2nc(N3CC[C@H](F)C3)nc3c2ncn3C(C)(C)C)cn1. The molecule has 3 aromatic rings. The number of fused-ring (bicyclic) bond motifs is 1. The molecule has 0 radical (unpaired) electrons. The Morgan fingerprint density at radius 1 is 1.27 bits per heavy atom. The van der Waals surface area contributed by atoms with Gasteiger partial charge in [0.25, 0.3) is 0 Å². The van der Waals surface area contributed by atoms with Crippen molar-refractivity contribution in [3.05, 3.63) is 18.7 Å². The van der Waals surface area contributed by atoms with E-state index in [0.29, 0.717) is 36.8 Å². The molecular weight excluding hydrogens is 335 g/mol. The molecule has 138 valence electrons. The zero-order valence-corrected chi connectivity index (χ0v) is 15.4. The van der Waals surface area contributed by atoms with Crippen LogP contribution in [0.15, 0.2) is 18.7 Å². The minimum Gasteiger partial charge on any atom is -0.338 e. The monoisotopic (exact) mass is 358 g/mol. The molecule has 4 rings (SSSR count). The predicted molar refractivity (Wildman–Crippen MR) is 98.5 cm³/mol. The Bertz CT molecular complexity index is 938. The minimum atomic E-state index is -0.837. The van der Waals surface area contributed by atoms with Crippen LogP contribution >= 0.6 is 0 Å². The fourth-order valence-electron chi connectivity index (χ4n) is 3.13. The summed E-state index contributed by atoms with van der Waals surface area (Å²) in [6.07, 6.45) is 5.03. The first-order valence-electron chi connectivity index (χ1n) is 8.71. The Kier molecular flexibility index (Phi) is 3.82. The van der Waals surface area contributed by atoms with Gasteiger partial charge in [-0.05, 0) is 27.2 Å². The van der Waals surface area contributed by atoms with Crippen molar-refractivity contribution in [3.63, 3.8) is 0 Å². The summed E-state index contributed by atoms with van der Waals surface area (Å²) in [6.45, 7) is 7.22. The van der Waals surface area contributed by atoms with Crippen molar-refractivity contribution < 1.29 is 4.39 Å². The van der Waals surface area contributed by atoms with Crippen LogP contribution in [0.4, 0.5) is 21.8 Å². The lowest BCUT2D eigenvalue weighted by Crippen LogP contribution is -2.24. The number of anilines is 3. The summed E-state index contributed by atoms with van der Waals surface area (Å²) in [5.41, 5.74) is 2.05. The van der Waals surface area contributed by atoms with Crippen molar-refractivity contribution in [2.45, 2.75) is 38.9 Å². The first-order valence-corrected chi connectivity index (χ1v) is 8.71. The quantitative estimate of drug-likeness (QED) is 0.776. The highest BCUT2D eigenvalue weighted by Gasteiger charge is 2.27. The van der Waals surface area contributed by atoms with E-state index in [0.717, 1.165) is 11.3 Å². The molecule has 9 heteroatoms. The first-order chi connectivity index (χ1) is 12.3. The van der Waals surface area contributed by atoms with Gasteiger partial charge in [0.05, 0.1) is 24.8 Å². The first kappa shape index (κ1) is 16.7. The fourth-order valence-corrected chi connectivity index (χ4v) is 3.13. The lowest BCUT2D eigenvalue weighted by molar-refractivity contribution is 0.364. The lowest BCUT2D eigenvalue weighted by atomic mass is 10.1. The summed E-state index contributed by atoms with van der Waals surface area (Å²) in [7, 11) is 1.85. The molecular formula is C17H23FN8. The number of hydrogen-bond acceptors (Lipinski definition) is 6. The summed E-state index contributed by atoms with van der Waals surface area (Å²) >= 11 is 0. The molecule has 0 aromatic carbocycles. The van der Waals surface area contributed by atoms with Gasteiger partial charge in [-0.15, -0.1) is 0 Å². The molecule has 0 saturated carbocycles. The maximum atomic E-state index is 13.7. The van der Waals surface area contributed by atoms with Crippen molar-refractivity contribution in [1.82, 2.24) is 29.3 Å². The normalized spacial score (nSPS) is 18.0. The molecule has 1 aliphatic heterocycles. The fraction of sp³-hybridized carbons (Fsp3) is 0.529. The van der Waals surface area contributed by atoms with Gasteiger partial charge in [-0.3, -0.25) is 4.68 Å². The second-order valence-electron chi connectivity index (χ2n) is 7.69. The zero-order valence-electron chi connectivity index (χ0n) is 15.4. The van der Waals surface area contributed by atoms with Gasteiger partial charge in [-0.25, -0.2) is 9.37 Å². The Balaban J connectivity index is 1.84. The Hall–Kier alpha value is -2.71. The second-order valence-corrected chi connectivity index (χ2v) is 7.69. The highest BCUT2D eigenvalue weighted by Crippen LogP contribution is 2.29. The van der Waals surface area contributed by atoms with E-state index in [4.69, 9.17) is 4.98 Å². The third-order valence-corrected chi connectivity index (χ3v) is 4.49. The maximum absolute atomic E-state index is 13.7. The number of aromatic nitrogens is 6. The van der Waals surface area contributed by atoms with E-state index in [2.05, 4.69) is 41.2 Å². The number of nitrogens with one attached hydrogen (secondary N) is 1. The Labute approximate surface area is 151 Å². The molecule has 1 saturated heterocycles. The van der Waals surface area contributed by atoms with E-state index >= 15 is 0 Å². The molecule has 0 unspecified atom stereocenters. The lowest BCUT2D eigenvalue weighted by Gasteiger charge is -2.22. The van der Waals surface area contributed by atoms with Gasteiger partial charge in [-0.2, -0.15) is 15.1 Å². The van der Waals surface area contributed by atoms with Crippen LogP contribution < -0.4 is 10.2 Å². The number of aryl methyl sites for hydroxylation is 1. The number of nitrogens with zero attached hydrogens (tertiary/aromatic N) is 7. The maximum Gasteiger partial charge on any atom is 0.229 e. The number of alkyl halides is 1. The molecule has 1 atom stereocenters. The number of hydrogen-bond donors (Lipinski definition) is 1. The van der Waals surface area contributed by atoms with Crippen LogP contribution in [0, 0.1) is 0 Å². The van der Waals surface area contributed by atoms with Gasteiger partial charge in [0.2, 0.25) is 5.95 Å². The average molecular weight is 358 g/mol. The van der Waals surface area contributed by atoms with Gasteiger partial charge >= 0.3 is 0 Å². The van der Waals surface area contributed by atoms with Gasteiger partial charge in [0.15, 0.2) is 17.0 Å². The molecule has 1 N–H and O–H groups in total. The number of halogens is 1. The van der Waals surface area contributed by atoms with Crippen molar-refractivity contribution in [3.8, 4) is 0 Å². The highest BCUT2D eigenvalue weighted by molar-refractivity contribution is 5.86. The average Bonchev–Trinajstić information content (AvgIpc) is 3.26. The summed E-state index contributed by atoms with van der Waals surface area (Å²) in [5, 5.41) is 7.45. The van der Waals surface area contributed by atoms with Crippen LogP contribution in [-0.4, -0.2) is 48.6 Å². The van der Waals surface area contributed by atoms with Crippen LogP contribution in [0.25, 0.3) is 11.2 Å². The Morgan fingerprint density at radius 2 is 2.08 bits per heavy atom. The number of rotatable bonds is 3. The van der Waals surface area contributed by atoms with Crippen molar-refractivity contribution in [1.29, 1.82) is 0 Å². The van der Waals surface area contributed by atoms with Gasteiger partial charge in [-0.1, -0.05) is 0 Å². The van der Waals surface area contributed by atoms with E-state index in [-0.39, 0.29) is 5.54 Å². The summed E-state index contributed by atoms with van der Waals surface area (Å²) < 4.78 is 17.4. The Morgan fingerprint density at radius 3 is 2.69 bits per heavy atom. The van der Waals surface area contributed by atoms with E-state index in [9.17, 15) is 4.39 Å². The molecule has 4 heterocycles. The molecule has 0 bridgehead atoms. The molecule has 26 heavy (non-hydrogen) atoms. The summed E-state index contributed by atoms with van der Waals surface area (Å²) in [4.78, 5) is 15.8. The summed E-state index contributed by atoms with van der Waals surface area (Å²) in [5.74, 6) is 1.12. The van der Waals surface area contributed by atoms with Gasteiger partial charge in [0.1, 0.15) is 6.17 Å². The van der Waals surface area contributed by atoms with Crippen LogP contribution in [0.1, 0.15) is 27.2 Å². The third-order valence-electron chi connectivity index (χ3n) is 4.49. The third kappa shape index (κ3) is 2.97. The van der Waals surface area contributed by atoms with Crippen LogP contribution in [0.2, 0.25) is 0 Å². The van der Waals surface area contributed by atoms with E-state index in [1.54, 1.807) is 17.2 Å². The highest BCUT2D eigenvalue weighted by atomic mass is 19.1. The van der Waals surface area contributed by atoms with Gasteiger partial charge < -0.3 is 14.8 Å². The molecule has 8 nitrogen and oxygen atoms in total.